The Kier molecular flexibility index (Phi) is 4.61. The Hall–Kier alpha value is -0.610. The van der Waals surface area contributed by atoms with E-state index in [2.05, 4.69) is 9.80 Å². The van der Waals surface area contributed by atoms with Crippen molar-refractivity contribution in [3.05, 3.63) is 0 Å². The van der Waals surface area contributed by atoms with Crippen molar-refractivity contribution in [2.75, 3.05) is 26.2 Å². The fourth-order valence-corrected chi connectivity index (χ4v) is 4.23. The molecule has 3 atom stereocenters. The maximum atomic E-state index is 12.8. The first-order chi connectivity index (χ1) is 9.75. The highest BCUT2D eigenvalue weighted by Gasteiger charge is 2.35. The minimum absolute atomic E-state index is 0.0904. The van der Waals surface area contributed by atoms with Gasteiger partial charge in [-0.3, -0.25) is 9.69 Å². The summed E-state index contributed by atoms with van der Waals surface area (Å²) in [6.07, 6.45) is 9.57. The number of carbonyl (C=O) groups excluding carboxylic acids is 1. The first kappa shape index (κ1) is 14.3. The van der Waals surface area contributed by atoms with Gasteiger partial charge in [0.2, 0.25) is 5.91 Å². The zero-order chi connectivity index (χ0) is 13.9. The van der Waals surface area contributed by atoms with E-state index in [-0.39, 0.29) is 12.0 Å². The van der Waals surface area contributed by atoms with Crippen molar-refractivity contribution in [1.29, 1.82) is 0 Å². The molecule has 0 spiro atoms. The molecule has 1 amide bonds. The third kappa shape index (κ3) is 3.01. The Balaban J connectivity index is 1.61. The number of piperidine rings is 1. The Morgan fingerprint density at radius 1 is 0.900 bits per heavy atom. The maximum absolute atomic E-state index is 12.8. The molecule has 0 aromatic carbocycles. The number of hydrogen-bond acceptors (Lipinski definition) is 3. The second kappa shape index (κ2) is 6.44. The molecule has 1 aliphatic carbocycles. The summed E-state index contributed by atoms with van der Waals surface area (Å²) < 4.78 is 0. The number of amides is 1. The summed E-state index contributed by atoms with van der Waals surface area (Å²) >= 11 is 0. The monoisotopic (exact) mass is 279 g/mol. The molecule has 114 valence electrons. The molecule has 0 aromatic heterocycles. The Morgan fingerprint density at radius 2 is 1.70 bits per heavy atom. The highest BCUT2D eigenvalue weighted by molar-refractivity contribution is 5.79. The number of fused-ring (bicyclic) bond motifs is 1. The first-order valence-corrected chi connectivity index (χ1v) is 8.54. The summed E-state index contributed by atoms with van der Waals surface area (Å²) in [4.78, 5) is 17.5. The molecule has 20 heavy (non-hydrogen) atoms. The molecule has 3 rings (SSSR count). The minimum Gasteiger partial charge on any atom is -0.340 e. The molecule has 2 heterocycles. The van der Waals surface area contributed by atoms with Gasteiger partial charge in [0.15, 0.2) is 0 Å². The van der Waals surface area contributed by atoms with E-state index in [0.717, 1.165) is 32.5 Å². The largest absolute Gasteiger partial charge is 0.340 e. The van der Waals surface area contributed by atoms with Crippen LogP contribution in [0.25, 0.3) is 0 Å². The number of carbonyl (C=O) groups is 1. The van der Waals surface area contributed by atoms with E-state index in [1.54, 1.807) is 0 Å². The lowest BCUT2D eigenvalue weighted by Gasteiger charge is -2.45. The third-order valence-electron chi connectivity index (χ3n) is 5.54. The Bertz CT molecular complexity index is 347. The molecular weight excluding hydrogens is 250 g/mol. The van der Waals surface area contributed by atoms with Crippen LogP contribution in [0.1, 0.15) is 51.4 Å². The SMILES string of the molecule is NC1CCCCCC1C(=O)N1CCN2CCCCC2C1. The molecule has 4 heteroatoms. The summed E-state index contributed by atoms with van der Waals surface area (Å²) in [5.74, 6) is 0.442. The van der Waals surface area contributed by atoms with Crippen LogP contribution in [0.4, 0.5) is 0 Å². The zero-order valence-electron chi connectivity index (χ0n) is 12.6. The van der Waals surface area contributed by atoms with Gasteiger partial charge in [0.05, 0.1) is 5.92 Å². The van der Waals surface area contributed by atoms with Crippen molar-refractivity contribution in [1.82, 2.24) is 9.80 Å². The van der Waals surface area contributed by atoms with Gasteiger partial charge in [-0.25, -0.2) is 0 Å². The second-order valence-corrected chi connectivity index (χ2v) is 6.88. The Morgan fingerprint density at radius 3 is 2.60 bits per heavy atom. The standard InChI is InChI=1S/C16H29N3O/c17-15-8-3-1-2-7-14(15)16(20)19-11-10-18-9-5-4-6-13(18)12-19/h13-15H,1-12,17H2. The van der Waals surface area contributed by atoms with Crippen molar-refractivity contribution >= 4 is 5.91 Å². The van der Waals surface area contributed by atoms with Gasteiger partial charge in [-0.1, -0.05) is 25.7 Å². The molecule has 3 fully saturated rings. The van der Waals surface area contributed by atoms with Gasteiger partial charge in [-0.05, 0) is 32.2 Å². The summed E-state index contributed by atoms with van der Waals surface area (Å²) in [5, 5.41) is 0. The third-order valence-corrected chi connectivity index (χ3v) is 5.54. The molecule has 0 aromatic rings. The highest BCUT2D eigenvalue weighted by atomic mass is 16.2. The van der Waals surface area contributed by atoms with Gasteiger partial charge in [0.25, 0.3) is 0 Å². The smallest absolute Gasteiger partial charge is 0.227 e. The van der Waals surface area contributed by atoms with Crippen LogP contribution >= 0.6 is 0 Å². The number of rotatable bonds is 1. The predicted octanol–water partition coefficient (Wildman–Crippen LogP) is 1.59. The molecule has 4 nitrogen and oxygen atoms in total. The molecule has 2 aliphatic heterocycles. The number of nitrogens with two attached hydrogens (primary N) is 1. The average Bonchev–Trinajstić information content (AvgIpc) is 2.70. The van der Waals surface area contributed by atoms with Crippen LogP contribution < -0.4 is 5.73 Å². The summed E-state index contributed by atoms with van der Waals surface area (Å²) in [7, 11) is 0. The van der Waals surface area contributed by atoms with Crippen LogP contribution in [0.3, 0.4) is 0 Å². The maximum Gasteiger partial charge on any atom is 0.227 e. The van der Waals surface area contributed by atoms with E-state index in [4.69, 9.17) is 5.73 Å². The van der Waals surface area contributed by atoms with Crippen LogP contribution in [0.5, 0.6) is 0 Å². The molecule has 3 unspecified atom stereocenters. The lowest BCUT2D eigenvalue weighted by atomic mass is 9.92. The molecule has 2 N–H and O–H groups in total. The molecule has 1 saturated carbocycles. The number of hydrogen-bond donors (Lipinski definition) is 1. The van der Waals surface area contributed by atoms with Gasteiger partial charge in [0, 0.05) is 31.7 Å². The van der Waals surface area contributed by atoms with Crippen molar-refractivity contribution in [2.45, 2.75) is 63.5 Å². The van der Waals surface area contributed by atoms with E-state index in [0.29, 0.717) is 11.9 Å². The molecule has 0 radical (unpaired) electrons. The zero-order valence-corrected chi connectivity index (χ0v) is 12.6. The van der Waals surface area contributed by atoms with Gasteiger partial charge in [-0.2, -0.15) is 0 Å². The summed E-state index contributed by atoms with van der Waals surface area (Å²) in [5.41, 5.74) is 6.26. The van der Waals surface area contributed by atoms with E-state index >= 15 is 0 Å². The Labute approximate surface area is 122 Å². The lowest BCUT2D eigenvalue weighted by molar-refractivity contribution is -0.140. The average molecular weight is 279 g/mol. The fourth-order valence-electron chi connectivity index (χ4n) is 4.23. The molecule has 2 saturated heterocycles. The van der Waals surface area contributed by atoms with Crippen LogP contribution in [0.15, 0.2) is 0 Å². The predicted molar refractivity (Wildman–Crippen MR) is 80.3 cm³/mol. The van der Waals surface area contributed by atoms with Crippen LogP contribution in [0, 0.1) is 5.92 Å². The number of nitrogens with zero attached hydrogens (tertiary/aromatic N) is 2. The van der Waals surface area contributed by atoms with Crippen molar-refractivity contribution in [3.63, 3.8) is 0 Å². The topological polar surface area (TPSA) is 49.6 Å². The van der Waals surface area contributed by atoms with Crippen molar-refractivity contribution in [3.8, 4) is 0 Å². The first-order valence-electron chi connectivity index (χ1n) is 8.54. The fraction of sp³-hybridized carbons (Fsp3) is 0.938. The van der Waals surface area contributed by atoms with Crippen LogP contribution in [0.2, 0.25) is 0 Å². The minimum atomic E-state index is 0.0904. The van der Waals surface area contributed by atoms with Crippen LogP contribution in [-0.2, 0) is 4.79 Å². The van der Waals surface area contributed by atoms with E-state index in [1.807, 2.05) is 0 Å². The van der Waals surface area contributed by atoms with E-state index in [1.165, 1.54) is 45.1 Å². The summed E-state index contributed by atoms with van der Waals surface area (Å²) in [6.45, 7) is 4.16. The van der Waals surface area contributed by atoms with Gasteiger partial charge in [-0.15, -0.1) is 0 Å². The normalized spacial score (nSPS) is 36.2. The summed E-state index contributed by atoms with van der Waals surface area (Å²) in [6, 6.07) is 0.706. The lowest BCUT2D eigenvalue weighted by Crippen LogP contribution is -2.58. The van der Waals surface area contributed by atoms with Crippen molar-refractivity contribution < 1.29 is 4.79 Å². The molecule has 3 aliphatic rings. The van der Waals surface area contributed by atoms with Gasteiger partial charge >= 0.3 is 0 Å². The molecular formula is C16H29N3O. The second-order valence-electron chi connectivity index (χ2n) is 6.88. The van der Waals surface area contributed by atoms with Crippen molar-refractivity contribution in [2.24, 2.45) is 11.7 Å². The van der Waals surface area contributed by atoms with E-state index < -0.39 is 0 Å². The number of piperazine rings is 1. The highest BCUT2D eigenvalue weighted by Crippen LogP contribution is 2.27. The van der Waals surface area contributed by atoms with Gasteiger partial charge in [0.1, 0.15) is 0 Å². The van der Waals surface area contributed by atoms with Crippen LogP contribution in [-0.4, -0.2) is 54.0 Å². The van der Waals surface area contributed by atoms with Gasteiger partial charge < -0.3 is 10.6 Å². The quantitative estimate of drug-likeness (QED) is 0.742. The van der Waals surface area contributed by atoms with E-state index in [9.17, 15) is 4.79 Å². The molecule has 0 bridgehead atoms.